The number of ether oxygens (including phenoxy) is 2. The van der Waals surface area contributed by atoms with Crippen molar-refractivity contribution in [2.45, 2.75) is 38.6 Å². The van der Waals surface area contributed by atoms with E-state index in [2.05, 4.69) is 44.3 Å². The number of pyridine rings is 1. The molecule has 2 atom stereocenters. The van der Waals surface area contributed by atoms with Crippen LogP contribution in [0.1, 0.15) is 29.5 Å². The van der Waals surface area contributed by atoms with Gasteiger partial charge in [-0.3, -0.25) is 10.3 Å². The minimum absolute atomic E-state index is 0.0404. The molecule has 4 heterocycles. The summed E-state index contributed by atoms with van der Waals surface area (Å²) in [7, 11) is 0. The number of amides is 1. The molecule has 196 valence electrons. The minimum Gasteiger partial charge on any atom is -0.486 e. The van der Waals surface area contributed by atoms with E-state index in [1.54, 1.807) is 17.5 Å². The van der Waals surface area contributed by atoms with E-state index < -0.39 is 0 Å². The van der Waals surface area contributed by atoms with Crippen LogP contribution in [0.25, 0.3) is 5.70 Å². The molecule has 38 heavy (non-hydrogen) atoms. The van der Waals surface area contributed by atoms with E-state index >= 15 is 0 Å². The van der Waals surface area contributed by atoms with Crippen LogP contribution in [0.15, 0.2) is 60.2 Å². The third kappa shape index (κ3) is 6.58. The number of carbonyl (C=O) groups excluding carboxylic acids is 1. The van der Waals surface area contributed by atoms with Crippen molar-refractivity contribution in [3.63, 3.8) is 0 Å². The smallest absolute Gasteiger partial charge is 0.407 e. The Morgan fingerprint density at radius 3 is 3.05 bits per heavy atom. The molecule has 0 aliphatic carbocycles. The first kappa shape index (κ1) is 25.9. The lowest BCUT2D eigenvalue weighted by molar-refractivity contribution is 0.107. The van der Waals surface area contributed by atoms with Gasteiger partial charge < -0.3 is 25.0 Å². The number of alkyl carbamates (subject to hydrolysis) is 1. The fraction of sp³-hybridized carbons (Fsp3) is 0.286. The molecule has 2 aliphatic heterocycles. The van der Waals surface area contributed by atoms with Gasteiger partial charge in [-0.25, -0.2) is 4.79 Å². The highest BCUT2D eigenvalue weighted by atomic mass is 35.5. The molecule has 1 aromatic carbocycles. The van der Waals surface area contributed by atoms with Crippen molar-refractivity contribution >= 4 is 40.4 Å². The summed E-state index contributed by atoms with van der Waals surface area (Å²) < 4.78 is 11.3. The van der Waals surface area contributed by atoms with E-state index in [9.17, 15) is 4.79 Å². The van der Waals surface area contributed by atoms with Crippen molar-refractivity contribution in [3.8, 4) is 17.7 Å². The van der Waals surface area contributed by atoms with Gasteiger partial charge in [-0.1, -0.05) is 23.6 Å². The number of aromatic nitrogens is 1. The predicted molar refractivity (Wildman–Crippen MR) is 150 cm³/mol. The molecule has 0 bridgehead atoms. The molecule has 3 aromatic rings. The second-order valence-electron chi connectivity index (χ2n) is 8.82. The van der Waals surface area contributed by atoms with Gasteiger partial charge in [0.2, 0.25) is 0 Å². The van der Waals surface area contributed by atoms with Crippen LogP contribution in [-0.4, -0.2) is 41.2 Å². The number of hydrogen-bond donors (Lipinski definition) is 3. The summed E-state index contributed by atoms with van der Waals surface area (Å²) in [6.45, 7) is 4.05. The standard InChI is InChI=1S/C28H28ClN5O3S/c1-2-30-28(35)37-22-13-19(32-15-22)8-11-34-16-25(23-9-12-38-27(23)17-34)33-20-6-7-26(24(29)14-20)36-18-21-5-3-4-10-31-21/h3-7,9-10,12,14,16,19,22,32-33H,2,13,15,17-18H2,1H3,(H,30,35)/t19-,22-/m0/s1. The van der Waals surface area contributed by atoms with E-state index in [4.69, 9.17) is 21.1 Å². The number of anilines is 1. The molecular weight excluding hydrogens is 522 g/mol. The molecule has 3 N–H and O–H groups in total. The average molecular weight is 550 g/mol. The molecule has 0 spiro atoms. The summed E-state index contributed by atoms with van der Waals surface area (Å²) in [6, 6.07) is 16.7. The minimum atomic E-state index is -0.388. The normalized spacial score (nSPS) is 18.1. The van der Waals surface area contributed by atoms with E-state index in [1.165, 1.54) is 4.88 Å². The topological polar surface area (TPSA) is 87.8 Å². The Hall–Kier alpha value is -3.71. The van der Waals surface area contributed by atoms with Gasteiger partial charge in [-0.2, -0.15) is 0 Å². The van der Waals surface area contributed by atoms with E-state index in [1.807, 2.05) is 54.4 Å². The van der Waals surface area contributed by atoms with Crippen LogP contribution < -0.4 is 20.7 Å². The highest BCUT2D eigenvalue weighted by Gasteiger charge is 2.26. The van der Waals surface area contributed by atoms with Crippen molar-refractivity contribution in [1.82, 2.24) is 20.5 Å². The van der Waals surface area contributed by atoms with Gasteiger partial charge >= 0.3 is 6.09 Å². The highest BCUT2D eigenvalue weighted by molar-refractivity contribution is 7.10. The largest absolute Gasteiger partial charge is 0.486 e. The Labute approximate surface area is 231 Å². The number of hydrogen-bond acceptors (Lipinski definition) is 8. The predicted octanol–water partition coefficient (Wildman–Crippen LogP) is 5.04. The van der Waals surface area contributed by atoms with Gasteiger partial charge in [-0.15, -0.1) is 11.3 Å². The fourth-order valence-corrected chi connectivity index (χ4v) is 5.31. The first-order chi connectivity index (χ1) is 18.6. The van der Waals surface area contributed by atoms with Crippen LogP contribution in [0.5, 0.6) is 5.75 Å². The number of fused-ring (bicyclic) bond motifs is 1. The van der Waals surface area contributed by atoms with E-state index in [-0.39, 0.29) is 18.2 Å². The third-order valence-electron chi connectivity index (χ3n) is 6.01. The quantitative estimate of drug-likeness (QED) is 0.356. The Morgan fingerprint density at radius 2 is 2.24 bits per heavy atom. The first-order valence-corrected chi connectivity index (χ1v) is 13.7. The Balaban J connectivity index is 1.23. The summed E-state index contributed by atoms with van der Waals surface area (Å²) in [6.07, 6.45) is 3.84. The zero-order chi connectivity index (χ0) is 26.3. The summed E-state index contributed by atoms with van der Waals surface area (Å²) in [5.41, 5.74) is 3.77. The zero-order valence-electron chi connectivity index (χ0n) is 20.9. The monoisotopic (exact) mass is 549 g/mol. The van der Waals surface area contributed by atoms with E-state index in [0.717, 1.165) is 22.6 Å². The van der Waals surface area contributed by atoms with Crippen molar-refractivity contribution in [2.24, 2.45) is 0 Å². The second-order valence-corrected chi connectivity index (χ2v) is 10.2. The molecule has 0 saturated carbocycles. The SMILES string of the molecule is CCNC(=O)O[C@@H]1CN[C@@H](C#CN2C=C(Nc3ccc(OCc4ccccn4)c(Cl)c3)c3ccsc3C2)C1. The number of benzene rings is 1. The molecule has 0 radical (unpaired) electrons. The highest BCUT2D eigenvalue weighted by Crippen LogP contribution is 2.34. The molecule has 0 unspecified atom stereocenters. The van der Waals surface area contributed by atoms with Gasteiger partial charge in [0.15, 0.2) is 0 Å². The van der Waals surface area contributed by atoms with Crippen molar-refractivity contribution in [3.05, 3.63) is 81.4 Å². The number of rotatable bonds is 7. The molecule has 2 aliphatic rings. The number of carbonyl (C=O) groups is 1. The van der Waals surface area contributed by atoms with Gasteiger partial charge in [0, 0.05) is 54.1 Å². The van der Waals surface area contributed by atoms with Gasteiger partial charge in [0.1, 0.15) is 18.5 Å². The lowest BCUT2D eigenvalue weighted by atomic mass is 10.1. The Kier molecular flexibility index (Phi) is 8.34. The van der Waals surface area contributed by atoms with Crippen LogP contribution in [0.2, 0.25) is 5.02 Å². The fourth-order valence-electron chi connectivity index (χ4n) is 4.19. The van der Waals surface area contributed by atoms with Gasteiger partial charge in [0.05, 0.1) is 29.0 Å². The van der Waals surface area contributed by atoms with Crippen molar-refractivity contribution < 1.29 is 14.3 Å². The molecule has 8 nitrogen and oxygen atoms in total. The summed E-state index contributed by atoms with van der Waals surface area (Å²) in [4.78, 5) is 19.2. The number of thiophene rings is 1. The van der Waals surface area contributed by atoms with Crippen LogP contribution >= 0.6 is 22.9 Å². The molecule has 1 amide bonds. The number of halogens is 1. The molecular formula is C28H28ClN5O3S. The average Bonchev–Trinajstić information content (AvgIpc) is 3.57. The van der Waals surface area contributed by atoms with Gasteiger partial charge in [-0.05, 0) is 48.7 Å². The second kappa shape index (κ2) is 12.2. The molecule has 10 heteroatoms. The number of nitrogens with zero attached hydrogens (tertiary/aromatic N) is 2. The van der Waals surface area contributed by atoms with Crippen LogP contribution in [-0.2, 0) is 17.9 Å². The lowest BCUT2D eigenvalue weighted by Gasteiger charge is -2.23. The maximum absolute atomic E-state index is 11.7. The first-order valence-electron chi connectivity index (χ1n) is 12.4. The van der Waals surface area contributed by atoms with Crippen molar-refractivity contribution in [2.75, 3.05) is 18.4 Å². The Morgan fingerprint density at radius 1 is 1.32 bits per heavy atom. The van der Waals surface area contributed by atoms with E-state index in [0.29, 0.717) is 43.4 Å². The molecule has 5 rings (SSSR count). The number of nitrogens with one attached hydrogen (secondary N) is 3. The lowest BCUT2D eigenvalue weighted by Crippen LogP contribution is -2.29. The molecule has 2 aromatic heterocycles. The Bertz CT molecular complexity index is 1370. The third-order valence-corrected chi connectivity index (χ3v) is 7.22. The maximum atomic E-state index is 11.7. The van der Waals surface area contributed by atoms with Crippen LogP contribution in [0.3, 0.4) is 0 Å². The van der Waals surface area contributed by atoms with Gasteiger partial charge in [0.25, 0.3) is 0 Å². The summed E-state index contributed by atoms with van der Waals surface area (Å²) in [5.74, 6) is 3.88. The summed E-state index contributed by atoms with van der Waals surface area (Å²) in [5, 5.41) is 12.1. The molecule has 1 fully saturated rings. The maximum Gasteiger partial charge on any atom is 0.407 e. The summed E-state index contributed by atoms with van der Waals surface area (Å²) >= 11 is 8.23. The zero-order valence-corrected chi connectivity index (χ0v) is 22.4. The van der Waals surface area contributed by atoms with Crippen molar-refractivity contribution in [1.29, 1.82) is 0 Å². The molecule has 1 saturated heterocycles. The van der Waals surface area contributed by atoms with Crippen LogP contribution in [0, 0.1) is 12.0 Å². The van der Waals surface area contributed by atoms with Crippen LogP contribution in [0.4, 0.5) is 10.5 Å².